The van der Waals surface area contributed by atoms with Crippen molar-refractivity contribution in [3.63, 3.8) is 0 Å². The number of aromatic nitrogens is 1. The highest BCUT2D eigenvalue weighted by Gasteiger charge is 2.09. The van der Waals surface area contributed by atoms with Crippen LogP contribution < -0.4 is 0 Å². The summed E-state index contributed by atoms with van der Waals surface area (Å²) in [4.78, 5) is 11.5. The van der Waals surface area contributed by atoms with Crippen LogP contribution in [0.4, 0.5) is 0 Å². The molecule has 1 aromatic carbocycles. The van der Waals surface area contributed by atoms with Gasteiger partial charge in [0, 0.05) is 0 Å². The fraction of sp³-hybridized carbons (Fsp3) is 0.0909. The van der Waals surface area contributed by atoms with E-state index in [0.29, 0.717) is 0 Å². The largest absolute Gasteiger partial charge is 0.476 e. The maximum Gasteiger partial charge on any atom is 0.355 e. The number of rotatable bonds is 2. The first-order valence-electron chi connectivity index (χ1n) is 4.44. The third kappa shape index (κ3) is 2.05. The van der Waals surface area contributed by atoms with Crippen LogP contribution in [0.5, 0.6) is 0 Å². The number of carboxylic acid groups (broad SMARTS) is 1. The van der Waals surface area contributed by atoms with Crippen LogP contribution in [0.3, 0.4) is 0 Å². The van der Waals surface area contributed by atoms with E-state index in [0.717, 1.165) is 10.4 Å². The third-order valence-corrected chi connectivity index (χ3v) is 2.90. The molecule has 15 heavy (non-hydrogen) atoms. The van der Waals surface area contributed by atoms with Crippen LogP contribution in [-0.4, -0.2) is 15.4 Å². The summed E-state index contributed by atoms with van der Waals surface area (Å²) < 4.78 is 3.86. The molecule has 0 saturated carbocycles. The van der Waals surface area contributed by atoms with Crippen molar-refractivity contribution in [1.82, 2.24) is 4.37 Å². The molecule has 1 N–H and O–H groups in total. The van der Waals surface area contributed by atoms with E-state index < -0.39 is 5.97 Å². The van der Waals surface area contributed by atoms with Crippen LogP contribution in [-0.2, 0) is 0 Å². The minimum atomic E-state index is -0.982. The van der Waals surface area contributed by atoms with Gasteiger partial charge < -0.3 is 5.11 Å². The van der Waals surface area contributed by atoms with Gasteiger partial charge in [0.1, 0.15) is 0 Å². The third-order valence-electron chi connectivity index (χ3n) is 2.07. The summed E-state index contributed by atoms with van der Waals surface area (Å²) >= 11 is 1.21. The fourth-order valence-corrected chi connectivity index (χ4v) is 1.96. The molecule has 0 unspecified atom stereocenters. The monoisotopic (exact) mass is 219 g/mol. The summed E-state index contributed by atoms with van der Waals surface area (Å²) in [5, 5.41) is 8.73. The van der Waals surface area contributed by atoms with Gasteiger partial charge in [-0.05, 0) is 30.1 Å². The Hall–Kier alpha value is -1.68. The highest BCUT2D eigenvalue weighted by atomic mass is 32.1. The number of hydrogen-bond acceptors (Lipinski definition) is 3. The molecule has 2 rings (SSSR count). The fourth-order valence-electron chi connectivity index (χ4n) is 1.23. The number of nitrogens with zero attached hydrogens (tertiary/aromatic N) is 1. The molecular weight excluding hydrogens is 210 g/mol. The van der Waals surface area contributed by atoms with E-state index in [4.69, 9.17) is 5.11 Å². The molecule has 0 bridgehead atoms. The summed E-state index contributed by atoms with van der Waals surface area (Å²) in [6.45, 7) is 2.01. The average molecular weight is 219 g/mol. The van der Waals surface area contributed by atoms with E-state index in [-0.39, 0.29) is 5.69 Å². The number of aryl methyl sites for hydroxylation is 1. The standard InChI is InChI=1S/C11H9NO2S/c1-7-2-4-8(5-3-7)10-6-9(11(13)14)12-15-10/h2-6H,1H3,(H,13,14). The lowest BCUT2D eigenvalue weighted by molar-refractivity contribution is 0.0692. The SMILES string of the molecule is Cc1ccc(-c2cc(C(=O)O)ns2)cc1. The molecule has 0 saturated heterocycles. The van der Waals surface area contributed by atoms with E-state index in [1.165, 1.54) is 17.1 Å². The molecule has 0 aliphatic rings. The molecule has 1 aromatic heterocycles. The second-order valence-corrected chi connectivity index (χ2v) is 4.05. The normalized spacial score (nSPS) is 10.2. The van der Waals surface area contributed by atoms with Gasteiger partial charge in [0.25, 0.3) is 0 Å². The Bertz CT molecular complexity index is 488. The van der Waals surface area contributed by atoms with Crippen LogP contribution in [0, 0.1) is 6.92 Å². The Morgan fingerprint density at radius 3 is 2.53 bits per heavy atom. The van der Waals surface area contributed by atoms with Crippen molar-refractivity contribution in [2.24, 2.45) is 0 Å². The van der Waals surface area contributed by atoms with E-state index in [9.17, 15) is 4.79 Å². The van der Waals surface area contributed by atoms with Gasteiger partial charge in [0.15, 0.2) is 5.69 Å². The first kappa shape index (κ1) is 9.86. The minimum absolute atomic E-state index is 0.107. The molecule has 0 amide bonds. The van der Waals surface area contributed by atoms with Gasteiger partial charge in [0.05, 0.1) is 4.88 Å². The molecule has 1 heterocycles. The van der Waals surface area contributed by atoms with Crippen molar-refractivity contribution in [3.8, 4) is 10.4 Å². The molecule has 0 fully saturated rings. The number of carbonyl (C=O) groups is 1. The second-order valence-electron chi connectivity index (χ2n) is 3.25. The van der Waals surface area contributed by atoms with Crippen LogP contribution in [0.1, 0.15) is 16.1 Å². The molecular formula is C11H9NO2S. The highest BCUT2D eigenvalue weighted by molar-refractivity contribution is 7.09. The first-order valence-corrected chi connectivity index (χ1v) is 5.21. The lowest BCUT2D eigenvalue weighted by Crippen LogP contribution is -1.94. The highest BCUT2D eigenvalue weighted by Crippen LogP contribution is 2.24. The van der Waals surface area contributed by atoms with Crippen LogP contribution in [0.2, 0.25) is 0 Å². The maximum absolute atomic E-state index is 10.6. The molecule has 0 aliphatic heterocycles. The van der Waals surface area contributed by atoms with Crippen molar-refractivity contribution in [2.75, 3.05) is 0 Å². The predicted octanol–water partition coefficient (Wildman–Crippen LogP) is 2.82. The molecule has 0 spiro atoms. The summed E-state index contributed by atoms with van der Waals surface area (Å²) in [7, 11) is 0. The zero-order valence-electron chi connectivity index (χ0n) is 8.10. The Morgan fingerprint density at radius 2 is 2.00 bits per heavy atom. The topological polar surface area (TPSA) is 50.2 Å². The van der Waals surface area contributed by atoms with Crippen LogP contribution >= 0.6 is 11.5 Å². The first-order chi connectivity index (χ1) is 7.16. The summed E-state index contributed by atoms with van der Waals surface area (Å²) in [5.74, 6) is -0.982. The summed E-state index contributed by atoms with van der Waals surface area (Å²) in [6.07, 6.45) is 0. The molecule has 3 nitrogen and oxygen atoms in total. The van der Waals surface area contributed by atoms with Crippen LogP contribution in [0.15, 0.2) is 30.3 Å². The molecule has 2 aromatic rings. The minimum Gasteiger partial charge on any atom is -0.476 e. The Morgan fingerprint density at radius 1 is 1.33 bits per heavy atom. The second kappa shape index (κ2) is 3.82. The smallest absolute Gasteiger partial charge is 0.355 e. The lowest BCUT2D eigenvalue weighted by Gasteiger charge is -1.96. The molecule has 0 radical (unpaired) electrons. The van der Waals surface area contributed by atoms with Gasteiger partial charge in [-0.2, -0.15) is 4.37 Å². The zero-order valence-corrected chi connectivity index (χ0v) is 8.91. The lowest BCUT2D eigenvalue weighted by atomic mass is 10.1. The Kier molecular flexibility index (Phi) is 2.51. The zero-order chi connectivity index (χ0) is 10.8. The van der Waals surface area contributed by atoms with Crippen molar-refractivity contribution >= 4 is 17.5 Å². The van der Waals surface area contributed by atoms with Crippen LogP contribution in [0.25, 0.3) is 10.4 Å². The van der Waals surface area contributed by atoms with Gasteiger partial charge in [-0.15, -0.1) is 0 Å². The molecule has 0 aliphatic carbocycles. The van der Waals surface area contributed by atoms with Gasteiger partial charge in [-0.25, -0.2) is 4.79 Å². The van der Waals surface area contributed by atoms with E-state index in [1.54, 1.807) is 6.07 Å². The van der Waals surface area contributed by atoms with Gasteiger partial charge >= 0.3 is 5.97 Å². The average Bonchev–Trinajstić information content (AvgIpc) is 2.68. The maximum atomic E-state index is 10.6. The Labute approximate surface area is 91.2 Å². The van der Waals surface area contributed by atoms with Crippen molar-refractivity contribution < 1.29 is 9.90 Å². The molecule has 4 heteroatoms. The van der Waals surface area contributed by atoms with Gasteiger partial charge in [-0.3, -0.25) is 0 Å². The number of carboxylic acids is 1. The van der Waals surface area contributed by atoms with Crippen molar-refractivity contribution in [3.05, 3.63) is 41.6 Å². The van der Waals surface area contributed by atoms with E-state index >= 15 is 0 Å². The van der Waals surface area contributed by atoms with E-state index in [2.05, 4.69) is 4.37 Å². The summed E-state index contributed by atoms with van der Waals surface area (Å²) in [6, 6.07) is 9.52. The number of aromatic carboxylic acids is 1. The van der Waals surface area contributed by atoms with Crippen molar-refractivity contribution in [1.29, 1.82) is 0 Å². The predicted molar refractivity (Wildman–Crippen MR) is 59.2 cm³/mol. The quantitative estimate of drug-likeness (QED) is 0.844. The summed E-state index contributed by atoms with van der Waals surface area (Å²) in [5.41, 5.74) is 2.29. The number of hydrogen-bond donors (Lipinski definition) is 1. The Balaban J connectivity index is 2.37. The van der Waals surface area contributed by atoms with Crippen molar-refractivity contribution in [2.45, 2.75) is 6.92 Å². The molecule has 0 atom stereocenters. The molecule has 76 valence electrons. The van der Waals surface area contributed by atoms with Gasteiger partial charge in [-0.1, -0.05) is 29.8 Å². The number of benzene rings is 1. The van der Waals surface area contributed by atoms with E-state index in [1.807, 2.05) is 31.2 Å². The van der Waals surface area contributed by atoms with Gasteiger partial charge in [0.2, 0.25) is 0 Å².